The Morgan fingerprint density at radius 2 is 2.39 bits per heavy atom. The number of hydrogen-bond acceptors (Lipinski definition) is 6. The number of amides is 1. The third-order valence-corrected chi connectivity index (χ3v) is 4.31. The molecule has 0 aliphatic carbocycles. The molecule has 0 saturated carbocycles. The quantitative estimate of drug-likeness (QED) is 0.795. The smallest absolute Gasteiger partial charge is 0.246 e. The number of anilines is 1. The van der Waals surface area contributed by atoms with E-state index in [1.807, 2.05) is 24.4 Å². The zero-order chi connectivity index (χ0) is 13.1. The van der Waals surface area contributed by atoms with Gasteiger partial charge < -0.3 is 16.2 Å². The van der Waals surface area contributed by atoms with Gasteiger partial charge in [0, 0.05) is 10.3 Å². The normalized spacial score (nSPS) is 12.3. The fourth-order valence-corrected chi connectivity index (χ4v) is 3.09. The molecule has 0 bridgehead atoms. The van der Waals surface area contributed by atoms with Gasteiger partial charge in [-0.2, -0.15) is 0 Å². The first-order chi connectivity index (χ1) is 8.60. The van der Waals surface area contributed by atoms with Crippen LogP contribution in [0.5, 0.6) is 0 Å². The second-order valence-corrected chi connectivity index (χ2v) is 5.73. The summed E-state index contributed by atoms with van der Waals surface area (Å²) in [5, 5.41) is 13.8. The molecule has 2 heterocycles. The number of nitrogens with zero attached hydrogens (tertiary/aromatic N) is 1. The molecule has 4 N–H and O–H groups in total. The summed E-state index contributed by atoms with van der Waals surface area (Å²) in [5.74, 6) is -0.379. The van der Waals surface area contributed by atoms with Crippen molar-refractivity contribution in [3.8, 4) is 10.6 Å². The molecule has 0 saturated heterocycles. The lowest BCUT2D eigenvalue weighted by molar-refractivity contribution is -0.124. The van der Waals surface area contributed by atoms with E-state index < -0.39 is 6.61 Å². The van der Waals surface area contributed by atoms with Crippen LogP contribution in [-0.4, -0.2) is 22.6 Å². The van der Waals surface area contributed by atoms with Gasteiger partial charge in [-0.1, -0.05) is 0 Å². The van der Waals surface area contributed by atoms with E-state index in [4.69, 9.17) is 10.8 Å². The van der Waals surface area contributed by atoms with Gasteiger partial charge in [-0.25, -0.2) is 4.98 Å². The first-order valence-corrected chi connectivity index (χ1v) is 7.01. The Kier molecular flexibility index (Phi) is 3.95. The van der Waals surface area contributed by atoms with Crippen LogP contribution in [0.4, 0.5) is 5.13 Å². The fraction of sp³-hybridized carbons (Fsp3) is 0.273. The lowest BCUT2D eigenvalue weighted by Gasteiger charge is -2.10. The minimum Gasteiger partial charge on any atom is -0.387 e. The highest BCUT2D eigenvalue weighted by Gasteiger charge is 2.13. The van der Waals surface area contributed by atoms with Crippen LogP contribution >= 0.6 is 22.7 Å². The number of thiazole rings is 1. The molecule has 0 fully saturated rings. The molecule has 0 aromatic carbocycles. The maximum atomic E-state index is 11.1. The predicted octanol–water partition coefficient (Wildman–Crippen LogP) is 1.62. The lowest BCUT2D eigenvalue weighted by Crippen LogP contribution is -2.28. The average Bonchev–Trinajstić information content (AvgIpc) is 2.96. The van der Waals surface area contributed by atoms with Crippen molar-refractivity contribution in [2.24, 2.45) is 0 Å². The largest absolute Gasteiger partial charge is 0.387 e. The van der Waals surface area contributed by atoms with E-state index in [1.54, 1.807) is 11.3 Å². The Hall–Kier alpha value is -1.44. The Labute approximate surface area is 112 Å². The summed E-state index contributed by atoms with van der Waals surface area (Å²) in [7, 11) is 0. The van der Waals surface area contributed by atoms with Crippen LogP contribution in [0.3, 0.4) is 0 Å². The summed E-state index contributed by atoms with van der Waals surface area (Å²) < 4.78 is 0. The number of carbonyl (C=O) groups is 1. The van der Waals surface area contributed by atoms with E-state index in [0.717, 1.165) is 15.4 Å². The summed E-state index contributed by atoms with van der Waals surface area (Å²) in [4.78, 5) is 17.3. The first-order valence-electron chi connectivity index (χ1n) is 5.31. The van der Waals surface area contributed by atoms with E-state index in [1.165, 1.54) is 11.3 Å². The Morgan fingerprint density at radius 3 is 3.00 bits per heavy atom. The molecule has 1 amide bonds. The van der Waals surface area contributed by atoms with Crippen LogP contribution in [0.1, 0.15) is 17.8 Å². The number of thiophene rings is 1. The highest BCUT2D eigenvalue weighted by molar-refractivity contribution is 7.17. The lowest BCUT2D eigenvalue weighted by atomic mass is 10.2. The van der Waals surface area contributed by atoms with Crippen molar-refractivity contribution < 1.29 is 9.90 Å². The zero-order valence-corrected chi connectivity index (χ0v) is 11.3. The van der Waals surface area contributed by atoms with Crippen LogP contribution in [0, 0.1) is 0 Å². The predicted molar refractivity (Wildman–Crippen MR) is 73.5 cm³/mol. The van der Waals surface area contributed by atoms with Gasteiger partial charge in [0.05, 0.1) is 16.6 Å². The van der Waals surface area contributed by atoms with Gasteiger partial charge in [0.25, 0.3) is 0 Å². The molecule has 1 atom stereocenters. The molecule has 2 aromatic heterocycles. The summed E-state index contributed by atoms with van der Waals surface area (Å²) in [6.45, 7) is 1.38. The molecule has 96 valence electrons. The van der Waals surface area contributed by atoms with Gasteiger partial charge >= 0.3 is 0 Å². The van der Waals surface area contributed by atoms with Crippen molar-refractivity contribution in [2.75, 3.05) is 12.3 Å². The van der Waals surface area contributed by atoms with E-state index in [9.17, 15) is 4.79 Å². The van der Waals surface area contributed by atoms with E-state index in [-0.39, 0.29) is 11.9 Å². The number of rotatable bonds is 4. The number of carbonyl (C=O) groups excluding carboxylic acids is 1. The average molecular weight is 283 g/mol. The van der Waals surface area contributed by atoms with E-state index in [0.29, 0.717) is 5.13 Å². The molecule has 0 aliphatic rings. The molecular weight excluding hydrogens is 270 g/mol. The summed E-state index contributed by atoms with van der Waals surface area (Å²) in [6.07, 6.45) is 0. The number of aromatic nitrogens is 1. The third-order valence-electron chi connectivity index (χ3n) is 2.35. The minimum atomic E-state index is -0.495. The topological polar surface area (TPSA) is 88.2 Å². The second kappa shape index (κ2) is 5.47. The molecule has 1 unspecified atom stereocenters. The molecule has 7 heteroatoms. The Balaban J connectivity index is 2.12. The number of aliphatic hydroxyl groups excluding tert-OH is 1. The molecule has 2 rings (SSSR count). The maximum Gasteiger partial charge on any atom is 0.246 e. The van der Waals surface area contributed by atoms with Crippen molar-refractivity contribution in [1.82, 2.24) is 10.3 Å². The van der Waals surface area contributed by atoms with Gasteiger partial charge in [-0.05, 0) is 19.1 Å². The van der Waals surface area contributed by atoms with Gasteiger partial charge in [-0.15, -0.1) is 22.7 Å². The summed E-state index contributed by atoms with van der Waals surface area (Å²) in [6, 6.07) is 3.77. The van der Waals surface area contributed by atoms with Crippen molar-refractivity contribution >= 4 is 33.7 Å². The van der Waals surface area contributed by atoms with Crippen molar-refractivity contribution in [3.05, 3.63) is 22.4 Å². The second-order valence-electron chi connectivity index (χ2n) is 3.72. The molecule has 5 nitrogen and oxygen atoms in total. The molecule has 0 radical (unpaired) electrons. The highest BCUT2D eigenvalue weighted by Crippen LogP contribution is 2.32. The van der Waals surface area contributed by atoms with Crippen LogP contribution in [0.2, 0.25) is 0 Å². The standard InChI is InChI=1S/C11H13N3O2S2/c1-6(13-10(16)4-15)8-2-3-9(18-8)7-5-17-11(12)14-7/h2-3,5-6,15H,4H2,1H3,(H2,12,14)(H,13,16). The van der Waals surface area contributed by atoms with Gasteiger partial charge in [0.2, 0.25) is 5.91 Å². The van der Waals surface area contributed by atoms with Crippen molar-refractivity contribution in [2.45, 2.75) is 13.0 Å². The molecular formula is C11H13N3O2S2. The van der Waals surface area contributed by atoms with Gasteiger partial charge in [0.1, 0.15) is 6.61 Å². The molecule has 0 aliphatic heterocycles. The minimum absolute atomic E-state index is 0.126. The van der Waals surface area contributed by atoms with Crippen molar-refractivity contribution in [1.29, 1.82) is 0 Å². The SMILES string of the molecule is CC(NC(=O)CO)c1ccc(-c2csc(N)n2)s1. The number of nitrogen functional groups attached to an aromatic ring is 1. The molecule has 2 aromatic rings. The van der Waals surface area contributed by atoms with Crippen LogP contribution < -0.4 is 11.1 Å². The number of aliphatic hydroxyl groups is 1. The summed E-state index contributed by atoms with van der Waals surface area (Å²) >= 11 is 2.95. The summed E-state index contributed by atoms with van der Waals surface area (Å²) in [5.41, 5.74) is 6.45. The van der Waals surface area contributed by atoms with Gasteiger partial charge in [0.15, 0.2) is 5.13 Å². The maximum absolute atomic E-state index is 11.1. The van der Waals surface area contributed by atoms with E-state index in [2.05, 4.69) is 10.3 Å². The molecule has 18 heavy (non-hydrogen) atoms. The monoisotopic (exact) mass is 283 g/mol. The third kappa shape index (κ3) is 2.87. The van der Waals surface area contributed by atoms with Crippen LogP contribution in [0.25, 0.3) is 10.6 Å². The number of nitrogens with two attached hydrogens (primary N) is 1. The fourth-order valence-electron chi connectivity index (χ4n) is 1.48. The molecule has 0 spiro atoms. The Bertz CT molecular complexity index is 550. The number of hydrogen-bond donors (Lipinski definition) is 3. The Morgan fingerprint density at radius 1 is 1.61 bits per heavy atom. The van der Waals surface area contributed by atoms with Crippen LogP contribution in [-0.2, 0) is 4.79 Å². The number of nitrogens with one attached hydrogen (secondary N) is 1. The van der Waals surface area contributed by atoms with E-state index >= 15 is 0 Å². The van der Waals surface area contributed by atoms with Gasteiger partial charge in [-0.3, -0.25) is 4.79 Å². The highest BCUT2D eigenvalue weighted by atomic mass is 32.1. The first kappa shape index (κ1) is 13.0. The van der Waals surface area contributed by atoms with Crippen molar-refractivity contribution in [3.63, 3.8) is 0 Å². The zero-order valence-electron chi connectivity index (χ0n) is 9.71. The van der Waals surface area contributed by atoms with Crippen LogP contribution in [0.15, 0.2) is 17.5 Å².